The first kappa shape index (κ1) is 16.1. The monoisotopic (exact) mass is 352 g/mol. The second-order valence-corrected chi connectivity index (χ2v) is 5.93. The van der Waals surface area contributed by atoms with E-state index in [1.807, 2.05) is 17.7 Å². The molecule has 26 heavy (non-hydrogen) atoms. The zero-order valence-electron chi connectivity index (χ0n) is 14.3. The van der Waals surface area contributed by atoms with E-state index in [1.165, 1.54) is 12.4 Å². The standard InChI is InChI=1S/C18H17FN6O/c1-10(15-7-13(24-26-15)11-5-3-4-6-12(11)19)25-8-14(21-2)16-17(20)22-9-23-18(16)25/h3-10,21H,1-2H3,(H2,20,22,23). The Morgan fingerprint density at radius 1 is 1.27 bits per heavy atom. The van der Waals surface area contributed by atoms with Crippen LogP contribution in [0.25, 0.3) is 22.3 Å². The number of anilines is 2. The van der Waals surface area contributed by atoms with Crippen molar-refractivity contribution in [1.82, 2.24) is 19.7 Å². The van der Waals surface area contributed by atoms with Gasteiger partial charge in [-0.25, -0.2) is 14.4 Å². The van der Waals surface area contributed by atoms with Crippen LogP contribution >= 0.6 is 0 Å². The summed E-state index contributed by atoms with van der Waals surface area (Å²) in [6.45, 7) is 1.95. The van der Waals surface area contributed by atoms with E-state index in [0.717, 1.165) is 11.1 Å². The molecule has 1 unspecified atom stereocenters. The minimum Gasteiger partial charge on any atom is -0.386 e. The highest BCUT2D eigenvalue weighted by Gasteiger charge is 2.21. The normalized spacial score (nSPS) is 12.4. The Morgan fingerprint density at radius 3 is 2.85 bits per heavy atom. The quantitative estimate of drug-likeness (QED) is 0.584. The Labute approximate surface area is 148 Å². The van der Waals surface area contributed by atoms with Gasteiger partial charge in [0.25, 0.3) is 0 Å². The topological polar surface area (TPSA) is 94.8 Å². The first-order valence-corrected chi connectivity index (χ1v) is 8.10. The van der Waals surface area contributed by atoms with Crippen molar-refractivity contribution < 1.29 is 8.91 Å². The molecule has 0 aliphatic heterocycles. The Bertz CT molecular complexity index is 1090. The van der Waals surface area contributed by atoms with Crippen molar-refractivity contribution in [2.45, 2.75) is 13.0 Å². The van der Waals surface area contributed by atoms with Crippen LogP contribution in [-0.2, 0) is 0 Å². The summed E-state index contributed by atoms with van der Waals surface area (Å²) in [5.41, 5.74) is 8.34. The van der Waals surface area contributed by atoms with Crippen LogP contribution in [0.1, 0.15) is 18.7 Å². The Kier molecular flexibility index (Phi) is 3.80. The van der Waals surface area contributed by atoms with E-state index in [4.69, 9.17) is 10.3 Å². The molecule has 8 heteroatoms. The summed E-state index contributed by atoms with van der Waals surface area (Å²) in [6.07, 6.45) is 3.32. The number of nitrogen functional groups attached to an aromatic ring is 1. The number of nitrogens with one attached hydrogen (secondary N) is 1. The summed E-state index contributed by atoms with van der Waals surface area (Å²) >= 11 is 0. The fourth-order valence-electron chi connectivity index (χ4n) is 3.01. The molecule has 0 aliphatic rings. The first-order valence-electron chi connectivity index (χ1n) is 8.10. The molecule has 1 aromatic carbocycles. The fraction of sp³-hybridized carbons (Fsp3) is 0.167. The Hall–Kier alpha value is -3.42. The van der Waals surface area contributed by atoms with Gasteiger partial charge in [-0.3, -0.25) is 0 Å². The van der Waals surface area contributed by atoms with Crippen molar-refractivity contribution in [3.8, 4) is 11.3 Å². The molecule has 4 aromatic rings. The van der Waals surface area contributed by atoms with E-state index in [9.17, 15) is 4.39 Å². The van der Waals surface area contributed by atoms with E-state index in [0.29, 0.717) is 28.5 Å². The Balaban J connectivity index is 1.78. The molecule has 0 bridgehead atoms. The van der Waals surface area contributed by atoms with Crippen molar-refractivity contribution in [2.75, 3.05) is 18.1 Å². The van der Waals surface area contributed by atoms with E-state index < -0.39 is 0 Å². The van der Waals surface area contributed by atoms with Crippen LogP contribution < -0.4 is 11.1 Å². The Morgan fingerprint density at radius 2 is 2.08 bits per heavy atom. The maximum absolute atomic E-state index is 14.0. The molecular weight excluding hydrogens is 335 g/mol. The second kappa shape index (κ2) is 6.14. The highest BCUT2D eigenvalue weighted by atomic mass is 19.1. The second-order valence-electron chi connectivity index (χ2n) is 5.93. The summed E-state index contributed by atoms with van der Waals surface area (Å²) in [5.74, 6) is 0.638. The maximum Gasteiger partial charge on any atom is 0.159 e. The van der Waals surface area contributed by atoms with Gasteiger partial charge < -0.3 is 20.1 Å². The van der Waals surface area contributed by atoms with Crippen LogP contribution in [-0.4, -0.2) is 26.7 Å². The van der Waals surface area contributed by atoms with Crippen molar-refractivity contribution in [3.63, 3.8) is 0 Å². The van der Waals surface area contributed by atoms with Crippen molar-refractivity contribution in [2.24, 2.45) is 0 Å². The lowest BCUT2D eigenvalue weighted by molar-refractivity contribution is 0.356. The van der Waals surface area contributed by atoms with Gasteiger partial charge in [-0.2, -0.15) is 0 Å². The predicted molar refractivity (Wildman–Crippen MR) is 97.2 cm³/mol. The highest BCUT2D eigenvalue weighted by Crippen LogP contribution is 2.33. The molecule has 0 aliphatic carbocycles. The van der Waals surface area contributed by atoms with Crippen LogP contribution in [0.3, 0.4) is 0 Å². The number of nitrogens with two attached hydrogens (primary N) is 1. The molecule has 0 spiro atoms. The first-order chi connectivity index (χ1) is 12.6. The summed E-state index contributed by atoms with van der Waals surface area (Å²) in [6, 6.07) is 7.97. The number of halogens is 1. The third-order valence-electron chi connectivity index (χ3n) is 4.42. The van der Waals surface area contributed by atoms with Gasteiger partial charge in [0.05, 0.1) is 17.1 Å². The van der Waals surface area contributed by atoms with Crippen LogP contribution in [0, 0.1) is 5.82 Å². The van der Waals surface area contributed by atoms with E-state index in [1.54, 1.807) is 31.3 Å². The van der Waals surface area contributed by atoms with Crippen molar-refractivity contribution >= 4 is 22.5 Å². The van der Waals surface area contributed by atoms with E-state index >= 15 is 0 Å². The zero-order chi connectivity index (χ0) is 18.3. The number of hydrogen-bond acceptors (Lipinski definition) is 6. The van der Waals surface area contributed by atoms with Gasteiger partial charge in [0, 0.05) is 24.9 Å². The largest absolute Gasteiger partial charge is 0.386 e. The molecule has 4 rings (SSSR count). The van der Waals surface area contributed by atoms with Crippen LogP contribution in [0.15, 0.2) is 47.4 Å². The number of nitrogens with zero attached hydrogens (tertiary/aromatic N) is 4. The van der Waals surface area contributed by atoms with Crippen molar-refractivity contribution in [3.05, 3.63) is 54.4 Å². The SMILES string of the molecule is CNc1cn(C(C)c2cc(-c3ccccc3F)no2)c2ncnc(N)c12. The molecule has 0 saturated heterocycles. The zero-order valence-corrected chi connectivity index (χ0v) is 14.3. The third-order valence-corrected chi connectivity index (χ3v) is 4.42. The summed E-state index contributed by atoms with van der Waals surface area (Å²) in [5, 5.41) is 7.86. The fourth-order valence-corrected chi connectivity index (χ4v) is 3.01. The minimum atomic E-state index is -0.343. The molecule has 0 amide bonds. The molecule has 0 radical (unpaired) electrons. The van der Waals surface area contributed by atoms with E-state index in [2.05, 4.69) is 20.4 Å². The summed E-state index contributed by atoms with van der Waals surface area (Å²) in [7, 11) is 1.81. The van der Waals surface area contributed by atoms with Crippen LogP contribution in [0.2, 0.25) is 0 Å². The van der Waals surface area contributed by atoms with Gasteiger partial charge in [0.15, 0.2) is 5.76 Å². The molecular formula is C18H17FN6O. The lowest BCUT2D eigenvalue weighted by Gasteiger charge is -2.10. The summed E-state index contributed by atoms with van der Waals surface area (Å²) < 4.78 is 21.4. The molecule has 132 valence electrons. The smallest absolute Gasteiger partial charge is 0.159 e. The number of rotatable bonds is 4. The van der Waals surface area contributed by atoms with Crippen LogP contribution in [0.5, 0.6) is 0 Å². The molecule has 3 aromatic heterocycles. The average Bonchev–Trinajstić information content (AvgIpc) is 3.27. The van der Waals surface area contributed by atoms with Crippen LogP contribution in [0.4, 0.5) is 15.9 Å². The van der Waals surface area contributed by atoms with E-state index in [-0.39, 0.29) is 11.9 Å². The van der Waals surface area contributed by atoms with Gasteiger partial charge in [-0.15, -0.1) is 0 Å². The molecule has 1 atom stereocenters. The molecule has 3 N–H and O–H groups in total. The number of hydrogen-bond donors (Lipinski definition) is 2. The third kappa shape index (κ3) is 2.46. The number of benzene rings is 1. The lowest BCUT2D eigenvalue weighted by Crippen LogP contribution is -2.05. The molecule has 0 fully saturated rings. The highest BCUT2D eigenvalue weighted by molar-refractivity contribution is 5.98. The molecule has 0 saturated carbocycles. The lowest BCUT2D eigenvalue weighted by atomic mass is 10.1. The maximum atomic E-state index is 14.0. The van der Waals surface area contributed by atoms with Gasteiger partial charge >= 0.3 is 0 Å². The molecule has 3 heterocycles. The number of aromatic nitrogens is 4. The summed E-state index contributed by atoms with van der Waals surface area (Å²) in [4.78, 5) is 8.40. The number of fused-ring (bicyclic) bond motifs is 1. The van der Waals surface area contributed by atoms with Gasteiger partial charge in [-0.1, -0.05) is 17.3 Å². The predicted octanol–water partition coefficient (Wildman–Crippen LogP) is 3.46. The van der Waals surface area contributed by atoms with Gasteiger partial charge in [0.2, 0.25) is 0 Å². The average molecular weight is 352 g/mol. The molecule has 7 nitrogen and oxygen atoms in total. The van der Waals surface area contributed by atoms with Crippen molar-refractivity contribution in [1.29, 1.82) is 0 Å². The minimum absolute atomic E-state index is 0.220. The van der Waals surface area contributed by atoms with Gasteiger partial charge in [0.1, 0.15) is 29.3 Å². The van der Waals surface area contributed by atoms with Gasteiger partial charge in [-0.05, 0) is 19.1 Å².